The van der Waals surface area contributed by atoms with Crippen LogP contribution in [0.15, 0.2) is 35.3 Å². The number of aromatic nitrogens is 4. The molecule has 3 aromatic rings. The first kappa shape index (κ1) is 21.2. The van der Waals surface area contributed by atoms with Crippen molar-refractivity contribution >= 4 is 28.6 Å². The molecule has 0 amide bonds. The number of nitrogens with zero attached hydrogens (tertiary/aromatic N) is 2. The number of rotatable bonds is 7. The number of esters is 1. The highest BCUT2D eigenvalue weighted by molar-refractivity contribution is 14.1. The number of aryl methyl sites for hydroxylation is 1. The van der Waals surface area contributed by atoms with Gasteiger partial charge in [0.25, 0.3) is 0 Å². The van der Waals surface area contributed by atoms with Gasteiger partial charge in [0, 0.05) is 9.99 Å². The molecule has 1 atom stereocenters. The molecule has 0 fully saturated rings. The van der Waals surface area contributed by atoms with Crippen LogP contribution >= 0.6 is 22.6 Å². The molecule has 8 nitrogen and oxygen atoms in total. The maximum absolute atomic E-state index is 12.6. The summed E-state index contributed by atoms with van der Waals surface area (Å²) in [7, 11) is 1.30. The highest BCUT2D eigenvalue weighted by Crippen LogP contribution is 2.30. The van der Waals surface area contributed by atoms with Crippen LogP contribution in [0.1, 0.15) is 37.8 Å². The summed E-state index contributed by atoms with van der Waals surface area (Å²) in [5.41, 5.74) is 1.66. The third kappa shape index (κ3) is 4.55. The summed E-state index contributed by atoms with van der Waals surface area (Å²) in [4.78, 5) is 34.4. The summed E-state index contributed by atoms with van der Waals surface area (Å²) in [5, 5.41) is 10.7. The standard InChI is InChI=1S/C20H23IN4O4/c1-11(2)17(18-22-10-15(23-18)12-4-6-13(21)7-5-12)25-19(27)14(24-20(25)28)8-9-16(26)29-3/h4-7,10-11,17,27H,8-9H2,1-3H3,(H,22,23)(H,24,28)/t17-/m0/s1. The largest absolute Gasteiger partial charge is 0.493 e. The Hall–Kier alpha value is -2.56. The van der Waals surface area contributed by atoms with Crippen molar-refractivity contribution in [1.82, 2.24) is 19.5 Å². The van der Waals surface area contributed by atoms with E-state index >= 15 is 0 Å². The van der Waals surface area contributed by atoms with Gasteiger partial charge in [0.1, 0.15) is 11.9 Å². The first-order chi connectivity index (χ1) is 13.8. The van der Waals surface area contributed by atoms with Gasteiger partial charge < -0.3 is 19.8 Å². The fourth-order valence-electron chi connectivity index (χ4n) is 3.25. The zero-order valence-corrected chi connectivity index (χ0v) is 18.6. The number of H-pyrrole nitrogens is 2. The second-order valence-electron chi connectivity index (χ2n) is 7.06. The van der Waals surface area contributed by atoms with Crippen LogP contribution in [0.3, 0.4) is 0 Å². The number of hydrogen-bond donors (Lipinski definition) is 3. The highest BCUT2D eigenvalue weighted by atomic mass is 127. The summed E-state index contributed by atoms with van der Waals surface area (Å²) in [6.45, 7) is 3.90. The Kier molecular flexibility index (Phi) is 6.46. The maximum Gasteiger partial charge on any atom is 0.329 e. The van der Waals surface area contributed by atoms with Gasteiger partial charge in [-0.05, 0) is 46.2 Å². The third-order valence-corrected chi connectivity index (χ3v) is 5.44. The lowest BCUT2D eigenvalue weighted by atomic mass is 10.0. The molecule has 0 bridgehead atoms. The maximum atomic E-state index is 12.6. The van der Waals surface area contributed by atoms with Crippen molar-refractivity contribution in [3.05, 3.63) is 56.0 Å². The van der Waals surface area contributed by atoms with Gasteiger partial charge in [0.05, 0.1) is 31.1 Å². The van der Waals surface area contributed by atoms with Crippen LogP contribution < -0.4 is 5.69 Å². The van der Waals surface area contributed by atoms with Crippen LogP contribution in [0, 0.1) is 9.49 Å². The van der Waals surface area contributed by atoms with E-state index in [0.717, 1.165) is 14.8 Å². The van der Waals surface area contributed by atoms with Crippen molar-refractivity contribution in [1.29, 1.82) is 0 Å². The molecule has 0 radical (unpaired) electrons. The number of carbonyl (C=O) groups is 1. The summed E-state index contributed by atoms with van der Waals surface area (Å²) < 4.78 is 7.04. The Morgan fingerprint density at radius 2 is 1.97 bits per heavy atom. The average molecular weight is 510 g/mol. The van der Waals surface area contributed by atoms with E-state index in [0.29, 0.717) is 11.5 Å². The molecule has 3 rings (SSSR count). The molecule has 9 heteroatoms. The minimum atomic E-state index is -0.497. The lowest BCUT2D eigenvalue weighted by Crippen LogP contribution is -2.27. The Morgan fingerprint density at radius 3 is 2.59 bits per heavy atom. The number of aromatic hydroxyl groups is 1. The van der Waals surface area contributed by atoms with Gasteiger partial charge in [-0.3, -0.25) is 9.36 Å². The molecule has 0 aliphatic heterocycles. The number of carbonyl (C=O) groups excluding carboxylic acids is 1. The summed E-state index contributed by atoms with van der Waals surface area (Å²) in [6, 6.07) is 7.50. The fraction of sp³-hybridized carbons (Fsp3) is 0.350. The smallest absolute Gasteiger partial charge is 0.329 e. The number of imidazole rings is 2. The van der Waals surface area contributed by atoms with Crippen molar-refractivity contribution in [2.45, 2.75) is 32.7 Å². The normalized spacial score (nSPS) is 12.3. The highest BCUT2D eigenvalue weighted by Gasteiger charge is 2.28. The minimum absolute atomic E-state index is 0.0291. The number of benzene rings is 1. The van der Waals surface area contributed by atoms with E-state index < -0.39 is 17.7 Å². The first-order valence-electron chi connectivity index (χ1n) is 9.21. The van der Waals surface area contributed by atoms with E-state index in [-0.39, 0.29) is 24.6 Å². The molecule has 154 valence electrons. The number of ether oxygens (including phenoxy) is 1. The Morgan fingerprint density at radius 1 is 1.28 bits per heavy atom. The predicted molar refractivity (Wildman–Crippen MR) is 117 cm³/mol. The Labute approximate surface area is 181 Å². The van der Waals surface area contributed by atoms with Gasteiger partial charge in [0.15, 0.2) is 0 Å². The molecule has 0 spiro atoms. The van der Waals surface area contributed by atoms with Gasteiger partial charge in [-0.1, -0.05) is 26.0 Å². The SMILES string of the molecule is COC(=O)CCc1[nH]c(=O)n([C@H](c2ncc(-c3ccc(I)cc3)[nH]2)C(C)C)c1O. The molecule has 29 heavy (non-hydrogen) atoms. The van der Waals surface area contributed by atoms with Crippen molar-refractivity contribution in [3.63, 3.8) is 0 Å². The molecule has 2 heterocycles. The van der Waals surface area contributed by atoms with Gasteiger partial charge in [0.2, 0.25) is 5.88 Å². The number of hydrogen-bond acceptors (Lipinski definition) is 5. The molecule has 2 aromatic heterocycles. The molecule has 3 N–H and O–H groups in total. The summed E-state index contributed by atoms with van der Waals surface area (Å²) in [5.74, 6) is -0.0560. The van der Waals surface area contributed by atoms with Crippen molar-refractivity contribution < 1.29 is 14.6 Å². The Bertz CT molecular complexity index is 1050. The zero-order chi connectivity index (χ0) is 21.1. The van der Waals surface area contributed by atoms with Crippen LogP contribution in [0.5, 0.6) is 5.88 Å². The van der Waals surface area contributed by atoms with Crippen molar-refractivity contribution in [3.8, 4) is 17.1 Å². The summed E-state index contributed by atoms with van der Waals surface area (Å²) in [6.07, 6.45) is 1.96. The van der Waals surface area contributed by atoms with E-state index in [4.69, 9.17) is 0 Å². The quantitative estimate of drug-likeness (QED) is 0.334. The molecule has 0 saturated heterocycles. The van der Waals surface area contributed by atoms with E-state index in [1.165, 1.54) is 11.7 Å². The van der Waals surface area contributed by atoms with Crippen molar-refractivity contribution in [2.75, 3.05) is 7.11 Å². The number of methoxy groups -OCH3 is 1. The van der Waals surface area contributed by atoms with Crippen LogP contribution in [0.25, 0.3) is 11.3 Å². The second kappa shape index (κ2) is 8.85. The topological polar surface area (TPSA) is 113 Å². The Balaban J connectivity index is 1.95. The van der Waals surface area contributed by atoms with E-state index in [1.807, 2.05) is 38.1 Å². The van der Waals surface area contributed by atoms with Crippen LogP contribution in [-0.2, 0) is 16.0 Å². The molecule has 1 aromatic carbocycles. The summed E-state index contributed by atoms with van der Waals surface area (Å²) >= 11 is 2.25. The van der Waals surface area contributed by atoms with Crippen molar-refractivity contribution in [2.24, 2.45) is 5.92 Å². The van der Waals surface area contributed by atoms with Gasteiger partial charge >= 0.3 is 11.7 Å². The average Bonchev–Trinajstić information content (AvgIpc) is 3.27. The molecule has 0 unspecified atom stereocenters. The van der Waals surface area contributed by atoms with Gasteiger partial charge in [-0.25, -0.2) is 9.78 Å². The monoisotopic (exact) mass is 510 g/mol. The van der Waals surface area contributed by atoms with E-state index in [1.54, 1.807) is 6.20 Å². The number of aromatic amines is 2. The van der Waals surface area contributed by atoms with Crippen LogP contribution in [0.2, 0.25) is 0 Å². The zero-order valence-electron chi connectivity index (χ0n) is 16.4. The first-order valence-corrected chi connectivity index (χ1v) is 10.3. The van der Waals surface area contributed by atoms with E-state index in [2.05, 4.69) is 42.3 Å². The lowest BCUT2D eigenvalue weighted by Gasteiger charge is -2.20. The van der Waals surface area contributed by atoms with Crippen LogP contribution in [-0.4, -0.2) is 37.7 Å². The van der Waals surface area contributed by atoms with Gasteiger partial charge in [-0.2, -0.15) is 0 Å². The number of halogens is 1. The lowest BCUT2D eigenvalue weighted by molar-refractivity contribution is -0.140. The molecular formula is C20H23IN4O4. The molecular weight excluding hydrogens is 487 g/mol. The fourth-order valence-corrected chi connectivity index (χ4v) is 3.61. The molecule has 0 aliphatic rings. The third-order valence-electron chi connectivity index (χ3n) is 4.72. The predicted octanol–water partition coefficient (Wildman–Crippen LogP) is 3.23. The molecule has 0 saturated carbocycles. The molecule has 0 aliphatic carbocycles. The number of nitrogens with one attached hydrogen (secondary N) is 2. The van der Waals surface area contributed by atoms with Gasteiger partial charge in [-0.15, -0.1) is 0 Å². The van der Waals surface area contributed by atoms with Crippen LogP contribution in [0.4, 0.5) is 0 Å². The minimum Gasteiger partial charge on any atom is -0.493 e. The second-order valence-corrected chi connectivity index (χ2v) is 8.30. The van der Waals surface area contributed by atoms with E-state index in [9.17, 15) is 14.7 Å².